The number of hydrogen-bond acceptors (Lipinski definition) is 2. The largest absolute Gasteiger partial charge is 0.392 e. The zero-order valence-corrected chi connectivity index (χ0v) is 13.1. The van der Waals surface area contributed by atoms with Crippen molar-refractivity contribution >= 4 is 34.7 Å². The second kappa shape index (κ2) is 6.10. The van der Waals surface area contributed by atoms with E-state index in [9.17, 15) is 4.79 Å². The summed E-state index contributed by atoms with van der Waals surface area (Å²) in [5.41, 5.74) is 6.05. The van der Waals surface area contributed by atoms with Crippen molar-refractivity contribution in [1.29, 1.82) is 0 Å². The first kappa shape index (κ1) is 15.3. The lowest BCUT2D eigenvalue weighted by atomic mass is 9.84. The van der Waals surface area contributed by atoms with Crippen LogP contribution in [-0.4, -0.2) is 10.9 Å². The Hall–Kier alpha value is -1.13. The molecule has 0 bridgehead atoms. The van der Waals surface area contributed by atoms with Crippen LogP contribution < -0.4 is 11.1 Å². The summed E-state index contributed by atoms with van der Waals surface area (Å²) in [7, 11) is 0. The van der Waals surface area contributed by atoms with Gasteiger partial charge in [-0.25, -0.2) is 0 Å². The number of amides is 1. The minimum atomic E-state index is -0.676. The van der Waals surface area contributed by atoms with Crippen LogP contribution in [0.25, 0.3) is 0 Å². The molecule has 0 aliphatic heterocycles. The van der Waals surface area contributed by atoms with Gasteiger partial charge in [-0.15, -0.1) is 0 Å². The van der Waals surface area contributed by atoms with Gasteiger partial charge in [0.2, 0.25) is 5.91 Å². The Morgan fingerprint density at radius 1 is 1.40 bits per heavy atom. The molecule has 3 nitrogen and oxygen atoms in total. The van der Waals surface area contributed by atoms with Gasteiger partial charge in [-0.05, 0) is 31.4 Å². The summed E-state index contributed by atoms with van der Waals surface area (Å²) in [6, 6.07) is 7.34. The van der Waals surface area contributed by atoms with Gasteiger partial charge >= 0.3 is 0 Å². The molecule has 2 rings (SSSR count). The maximum absolute atomic E-state index is 12.6. The Morgan fingerprint density at radius 3 is 2.55 bits per heavy atom. The topological polar surface area (TPSA) is 55.1 Å². The van der Waals surface area contributed by atoms with Crippen molar-refractivity contribution in [2.24, 2.45) is 11.1 Å². The number of thiocarbonyl (C=S) groups is 1. The van der Waals surface area contributed by atoms with Crippen molar-refractivity contribution in [2.45, 2.75) is 38.6 Å². The molecule has 108 valence electrons. The number of benzene rings is 1. The number of hydrogen-bond donors (Lipinski definition) is 2. The van der Waals surface area contributed by atoms with Gasteiger partial charge in [0.05, 0.1) is 16.4 Å². The zero-order valence-electron chi connectivity index (χ0n) is 11.5. The van der Waals surface area contributed by atoms with Crippen molar-refractivity contribution < 1.29 is 4.79 Å². The van der Waals surface area contributed by atoms with Crippen LogP contribution in [0.2, 0.25) is 5.02 Å². The minimum absolute atomic E-state index is 0.0741. The molecule has 1 unspecified atom stereocenters. The Balaban J connectivity index is 2.15. The van der Waals surface area contributed by atoms with Gasteiger partial charge in [0.1, 0.15) is 0 Å². The fourth-order valence-corrected chi connectivity index (χ4v) is 3.40. The molecule has 0 spiro atoms. The van der Waals surface area contributed by atoms with Crippen LogP contribution in [0.4, 0.5) is 0 Å². The molecule has 1 aromatic rings. The first-order chi connectivity index (χ1) is 9.47. The van der Waals surface area contributed by atoms with E-state index in [1.165, 1.54) is 0 Å². The quantitative estimate of drug-likeness (QED) is 0.838. The molecule has 1 aromatic carbocycles. The second-order valence-corrected chi connectivity index (χ2v) is 6.22. The molecule has 20 heavy (non-hydrogen) atoms. The molecule has 1 atom stereocenters. The zero-order chi connectivity index (χ0) is 14.8. The Morgan fingerprint density at radius 2 is 2.00 bits per heavy atom. The van der Waals surface area contributed by atoms with E-state index in [-0.39, 0.29) is 11.9 Å². The highest BCUT2D eigenvalue weighted by molar-refractivity contribution is 7.80. The van der Waals surface area contributed by atoms with Gasteiger partial charge in [-0.3, -0.25) is 4.79 Å². The standard InChI is InChI=1S/C15H19ClN2OS/c1-10(11-6-2-3-7-12(11)16)18-14(19)15(13(17)20)8-4-5-9-15/h2-3,6-7,10H,4-5,8-9H2,1H3,(H2,17,20)(H,18,19). The molecule has 0 heterocycles. The predicted octanol–water partition coefficient (Wildman–Crippen LogP) is 3.36. The second-order valence-electron chi connectivity index (χ2n) is 5.37. The fraction of sp³-hybridized carbons (Fsp3) is 0.467. The van der Waals surface area contributed by atoms with Gasteiger partial charge in [-0.2, -0.15) is 0 Å². The maximum Gasteiger partial charge on any atom is 0.233 e. The lowest BCUT2D eigenvalue weighted by Gasteiger charge is -2.28. The van der Waals surface area contributed by atoms with Crippen LogP contribution in [0.5, 0.6) is 0 Å². The van der Waals surface area contributed by atoms with E-state index >= 15 is 0 Å². The lowest BCUT2D eigenvalue weighted by molar-refractivity contribution is -0.128. The molecule has 0 saturated heterocycles. The smallest absolute Gasteiger partial charge is 0.233 e. The van der Waals surface area contributed by atoms with Gasteiger partial charge in [0, 0.05) is 5.02 Å². The number of rotatable bonds is 4. The van der Waals surface area contributed by atoms with Gasteiger partial charge in [-0.1, -0.05) is 54.9 Å². The van der Waals surface area contributed by atoms with Crippen molar-refractivity contribution in [3.05, 3.63) is 34.9 Å². The average molecular weight is 311 g/mol. The molecule has 1 saturated carbocycles. The minimum Gasteiger partial charge on any atom is -0.392 e. The average Bonchev–Trinajstić information content (AvgIpc) is 2.89. The maximum atomic E-state index is 12.6. The molecule has 0 radical (unpaired) electrons. The SMILES string of the molecule is CC(NC(=O)C1(C(N)=S)CCCC1)c1ccccc1Cl. The van der Waals surface area contributed by atoms with Crippen molar-refractivity contribution in [1.82, 2.24) is 5.32 Å². The van der Waals surface area contributed by atoms with Crippen LogP contribution in [0.1, 0.15) is 44.2 Å². The number of halogens is 1. The van der Waals surface area contributed by atoms with E-state index < -0.39 is 5.41 Å². The third-order valence-electron chi connectivity index (χ3n) is 4.08. The molecular formula is C15H19ClN2OS. The van der Waals surface area contributed by atoms with Crippen LogP contribution in [0.3, 0.4) is 0 Å². The van der Waals surface area contributed by atoms with Crippen LogP contribution in [0.15, 0.2) is 24.3 Å². The van der Waals surface area contributed by atoms with Crippen molar-refractivity contribution in [3.63, 3.8) is 0 Å². The van der Waals surface area contributed by atoms with Crippen LogP contribution in [-0.2, 0) is 4.79 Å². The van der Waals surface area contributed by atoms with E-state index in [0.29, 0.717) is 10.0 Å². The summed E-state index contributed by atoms with van der Waals surface area (Å²) in [5, 5.41) is 3.66. The Bertz CT molecular complexity index is 526. The third-order valence-corrected chi connectivity index (χ3v) is 4.82. The van der Waals surface area contributed by atoms with E-state index in [2.05, 4.69) is 5.32 Å². The number of nitrogens with one attached hydrogen (secondary N) is 1. The van der Waals surface area contributed by atoms with Crippen LogP contribution in [0, 0.1) is 5.41 Å². The molecule has 1 aliphatic rings. The summed E-state index contributed by atoms with van der Waals surface area (Å²) >= 11 is 11.3. The van der Waals surface area contributed by atoms with Gasteiger partial charge < -0.3 is 11.1 Å². The normalized spacial score (nSPS) is 18.5. The summed E-state index contributed by atoms with van der Waals surface area (Å²) in [6.45, 7) is 1.92. The molecule has 3 N–H and O–H groups in total. The summed E-state index contributed by atoms with van der Waals surface area (Å²) in [4.78, 5) is 12.9. The first-order valence-electron chi connectivity index (χ1n) is 6.83. The monoisotopic (exact) mass is 310 g/mol. The third kappa shape index (κ3) is 2.81. The van der Waals surface area contributed by atoms with Crippen LogP contribution >= 0.6 is 23.8 Å². The van der Waals surface area contributed by atoms with Gasteiger partial charge in [0.15, 0.2) is 0 Å². The Kier molecular flexibility index (Phi) is 4.66. The summed E-state index contributed by atoms with van der Waals surface area (Å²) in [5.74, 6) is -0.0741. The lowest BCUT2D eigenvalue weighted by Crippen LogP contribution is -2.47. The predicted molar refractivity (Wildman–Crippen MR) is 85.7 cm³/mol. The van der Waals surface area contributed by atoms with Crippen molar-refractivity contribution in [3.8, 4) is 0 Å². The van der Waals surface area contributed by atoms with E-state index in [1.54, 1.807) is 0 Å². The summed E-state index contributed by atoms with van der Waals surface area (Å²) in [6.07, 6.45) is 3.46. The number of carbonyl (C=O) groups is 1. The summed E-state index contributed by atoms with van der Waals surface area (Å²) < 4.78 is 0. The molecular weight excluding hydrogens is 292 g/mol. The van der Waals surface area contributed by atoms with E-state index in [1.807, 2.05) is 31.2 Å². The molecule has 1 aliphatic carbocycles. The molecule has 0 aromatic heterocycles. The van der Waals surface area contributed by atoms with E-state index in [0.717, 1.165) is 31.2 Å². The fourth-order valence-electron chi connectivity index (χ4n) is 2.80. The first-order valence-corrected chi connectivity index (χ1v) is 7.61. The van der Waals surface area contributed by atoms with E-state index in [4.69, 9.17) is 29.6 Å². The molecule has 5 heteroatoms. The highest BCUT2D eigenvalue weighted by Crippen LogP contribution is 2.39. The Labute approximate surface area is 129 Å². The molecule has 1 fully saturated rings. The highest BCUT2D eigenvalue weighted by Gasteiger charge is 2.44. The van der Waals surface area contributed by atoms with Gasteiger partial charge in [0.25, 0.3) is 0 Å². The number of carbonyl (C=O) groups excluding carboxylic acids is 1. The highest BCUT2D eigenvalue weighted by atomic mass is 35.5. The number of nitrogens with two attached hydrogens (primary N) is 1. The van der Waals surface area contributed by atoms with Crippen molar-refractivity contribution in [2.75, 3.05) is 0 Å². The molecule has 1 amide bonds.